The molecule has 0 radical (unpaired) electrons. The highest BCUT2D eigenvalue weighted by atomic mass is 19.1. The molecule has 3 N–H and O–H groups in total. The molecule has 0 spiro atoms. The van der Waals surface area contributed by atoms with E-state index < -0.39 is 0 Å². The molecular formula is C14H15FN4O. The Bertz CT molecular complexity index is 600. The van der Waals surface area contributed by atoms with Gasteiger partial charge in [0.15, 0.2) is 0 Å². The highest BCUT2D eigenvalue weighted by Crippen LogP contribution is 2.18. The third-order valence-electron chi connectivity index (χ3n) is 2.83. The van der Waals surface area contributed by atoms with Gasteiger partial charge in [0.25, 0.3) is 5.91 Å². The second-order valence-corrected chi connectivity index (χ2v) is 4.11. The summed E-state index contributed by atoms with van der Waals surface area (Å²) in [5.74, 6) is 4.57. The number of pyridine rings is 1. The lowest BCUT2D eigenvalue weighted by Gasteiger charge is -2.20. The summed E-state index contributed by atoms with van der Waals surface area (Å²) in [5.41, 5.74) is 3.82. The number of aromatic nitrogens is 1. The zero-order valence-corrected chi connectivity index (χ0v) is 11.0. The predicted molar refractivity (Wildman–Crippen MR) is 75.8 cm³/mol. The van der Waals surface area contributed by atoms with Crippen LogP contribution < -0.4 is 16.2 Å². The first-order valence-electron chi connectivity index (χ1n) is 6.15. The Labute approximate surface area is 116 Å². The van der Waals surface area contributed by atoms with Gasteiger partial charge >= 0.3 is 0 Å². The van der Waals surface area contributed by atoms with Gasteiger partial charge < -0.3 is 10.3 Å². The number of hydrazine groups is 1. The average molecular weight is 274 g/mol. The summed E-state index contributed by atoms with van der Waals surface area (Å²) in [6, 6.07) is 9.12. The van der Waals surface area contributed by atoms with Gasteiger partial charge in [0.2, 0.25) is 0 Å². The summed E-state index contributed by atoms with van der Waals surface area (Å²) >= 11 is 0. The van der Waals surface area contributed by atoms with E-state index in [-0.39, 0.29) is 17.4 Å². The normalized spacial score (nSPS) is 10.2. The number of halogens is 1. The maximum absolute atomic E-state index is 13.3. The van der Waals surface area contributed by atoms with E-state index in [0.717, 1.165) is 0 Å². The van der Waals surface area contributed by atoms with Crippen molar-refractivity contribution in [2.75, 3.05) is 16.9 Å². The van der Waals surface area contributed by atoms with Crippen molar-refractivity contribution in [3.63, 3.8) is 0 Å². The van der Waals surface area contributed by atoms with E-state index in [1.54, 1.807) is 24.3 Å². The van der Waals surface area contributed by atoms with Crippen molar-refractivity contribution in [1.29, 1.82) is 0 Å². The molecule has 0 saturated heterocycles. The molecule has 2 rings (SSSR count). The molecule has 5 nitrogen and oxygen atoms in total. The maximum Gasteiger partial charge on any atom is 0.276 e. The van der Waals surface area contributed by atoms with E-state index >= 15 is 0 Å². The summed E-state index contributed by atoms with van der Waals surface area (Å²) < 4.78 is 13.3. The minimum Gasteiger partial charge on any atom is -0.323 e. The van der Waals surface area contributed by atoms with Crippen molar-refractivity contribution < 1.29 is 9.18 Å². The Morgan fingerprint density at radius 1 is 1.40 bits per heavy atom. The molecule has 1 aromatic heterocycles. The van der Waals surface area contributed by atoms with E-state index in [4.69, 9.17) is 5.84 Å². The van der Waals surface area contributed by atoms with Crippen LogP contribution in [0.1, 0.15) is 17.4 Å². The van der Waals surface area contributed by atoms with E-state index in [9.17, 15) is 9.18 Å². The van der Waals surface area contributed by atoms with Gasteiger partial charge in [-0.2, -0.15) is 0 Å². The van der Waals surface area contributed by atoms with Crippen molar-refractivity contribution in [3.05, 3.63) is 54.1 Å². The molecule has 0 saturated carbocycles. The van der Waals surface area contributed by atoms with Crippen molar-refractivity contribution in [2.45, 2.75) is 6.92 Å². The van der Waals surface area contributed by atoms with Gasteiger partial charge in [-0.15, -0.1) is 0 Å². The molecule has 1 heterocycles. The largest absolute Gasteiger partial charge is 0.323 e. The molecule has 1 aromatic carbocycles. The fourth-order valence-corrected chi connectivity index (χ4v) is 1.83. The predicted octanol–water partition coefficient (Wildman–Crippen LogP) is 2.17. The molecule has 2 aromatic rings. The number of amides is 1. The van der Waals surface area contributed by atoms with Crippen LogP contribution >= 0.6 is 0 Å². The quantitative estimate of drug-likeness (QED) is 0.662. The van der Waals surface area contributed by atoms with Gasteiger partial charge in [0.1, 0.15) is 11.5 Å². The molecule has 0 aliphatic carbocycles. The first-order chi connectivity index (χ1) is 9.65. The third-order valence-corrected chi connectivity index (χ3v) is 2.83. The van der Waals surface area contributed by atoms with Crippen LogP contribution in [0.2, 0.25) is 0 Å². The number of benzene rings is 1. The minimum absolute atomic E-state index is 0.273. The Morgan fingerprint density at radius 2 is 2.20 bits per heavy atom. The van der Waals surface area contributed by atoms with Crippen molar-refractivity contribution in [2.24, 2.45) is 5.84 Å². The van der Waals surface area contributed by atoms with E-state index in [1.807, 2.05) is 6.92 Å². The second-order valence-electron chi connectivity index (χ2n) is 4.11. The van der Waals surface area contributed by atoms with Crippen LogP contribution in [0.3, 0.4) is 0 Å². The first-order valence-corrected chi connectivity index (χ1v) is 6.15. The molecular weight excluding hydrogens is 259 g/mol. The SMILES string of the molecule is CCN(C(=O)c1ccc(NN)cn1)c1cccc(F)c1. The topological polar surface area (TPSA) is 71.2 Å². The zero-order chi connectivity index (χ0) is 14.5. The maximum atomic E-state index is 13.3. The number of hydrogen-bond acceptors (Lipinski definition) is 4. The summed E-state index contributed by atoms with van der Waals surface area (Å²) in [7, 11) is 0. The number of carbonyl (C=O) groups is 1. The van der Waals surface area contributed by atoms with E-state index in [2.05, 4.69) is 10.4 Å². The summed E-state index contributed by atoms with van der Waals surface area (Å²) in [4.78, 5) is 17.9. The fourth-order valence-electron chi connectivity index (χ4n) is 1.83. The zero-order valence-electron chi connectivity index (χ0n) is 11.0. The van der Waals surface area contributed by atoms with Crippen LogP contribution in [0.15, 0.2) is 42.6 Å². The molecule has 1 amide bonds. The molecule has 0 unspecified atom stereocenters. The summed E-state index contributed by atoms with van der Waals surface area (Å²) in [6.07, 6.45) is 1.46. The van der Waals surface area contributed by atoms with Gasteiger partial charge in [-0.25, -0.2) is 9.37 Å². The van der Waals surface area contributed by atoms with Crippen LogP contribution in [-0.2, 0) is 0 Å². The molecule has 0 fully saturated rings. The Morgan fingerprint density at radius 3 is 2.75 bits per heavy atom. The fraction of sp³-hybridized carbons (Fsp3) is 0.143. The number of rotatable bonds is 4. The average Bonchev–Trinajstić information content (AvgIpc) is 2.48. The van der Waals surface area contributed by atoms with Crippen molar-refractivity contribution in [1.82, 2.24) is 4.98 Å². The van der Waals surface area contributed by atoms with Crippen LogP contribution in [0.5, 0.6) is 0 Å². The highest BCUT2D eigenvalue weighted by molar-refractivity contribution is 6.04. The van der Waals surface area contributed by atoms with Gasteiger partial charge in [0, 0.05) is 12.2 Å². The van der Waals surface area contributed by atoms with E-state index in [0.29, 0.717) is 17.9 Å². The monoisotopic (exact) mass is 274 g/mol. The lowest BCUT2D eigenvalue weighted by molar-refractivity contribution is 0.0983. The van der Waals surface area contributed by atoms with Gasteiger partial charge in [-0.1, -0.05) is 6.07 Å². The lowest BCUT2D eigenvalue weighted by Crippen LogP contribution is -2.31. The Hall–Kier alpha value is -2.47. The third kappa shape index (κ3) is 2.92. The second kappa shape index (κ2) is 6.12. The Kier molecular flexibility index (Phi) is 4.27. The van der Waals surface area contributed by atoms with Crippen LogP contribution in [0.25, 0.3) is 0 Å². The lowest BCUT2D eigenvalue weighted by atomic mass is 10.2. The van der Waals surface area contributed by atoms with Gasteiger partial charge in [0.05, 0.1) is 11.9 Å². The highest BCUT2D eigenvalue weighted by Gasteiger charge is 2.17. The number of nitrogens with one attached hydrogen (secondary N) is 1. The number of hydrogen-bond donors (Lipinski definition) is 2. The summed E-state index contributed by atoms with van der Waals surface area (Å²) in [6.45, 7) is 2.24. The molecule has 104 valence electrons. The molecule has 0 aliphatic heterocycles. The van der Waals surface area contributed by atoms with Crippen LogP contribution in [-0.4, -0.2) is 17.4 Å². The van der Waals surface area contributed by atoms with E-state index in [1.165, 1.54) is 23.2 Å². The molecule has 0 aliphatic rings. The number of nitrogens with two attached hydrogens (primary N) is 1. The number of anilines is 2. The smallest absolute Gasteiger partial charge is 0.276 e. The van der Waals surface area contributed by atoms with Crippen molar-refractivity contribution in [3.8, 4) is 0 Å². The summed E-state index contributed by atoms with van der Waals surface area (Å²) in [5, 5.41) is 0. The number of nitrogens with zero attached hydrogens (tertiary/aromatic N) is 2. The number of carbonyl (C=O) groups excluding carboxylic acids is 1. The molecule has 20 heavy (non-hydrogen) atoms. The molecule has 0 bridgehead atoms. The first kappa shape index (κ1) is 14.0. The Balaban J connectivity index is 2.28. The van der Waals surface area contributed by atoms with Crippen LogP contribution in [0, 0.1) is 5.82 Å². The van der Waals surface area contributed by atoms with Crippen molar-refractivity contribution >= 4 is 17.3 Å². The minimum atomic E-state index is -0.385. The van der Waals surface area contributed by atoms with Crippen LogP contribution in [0.4, 0.5) is 15.8 Å². The molecule has 0 atom stereocenters. The molecule has 6 heteroatoms. The number of nitrogen functional groups attached to an aromatic ring is 1. The van der Waals surface area contributed by atoms with Gasteiger partial charge in [-0.3, -0.25) is 10.6 Å². The van der Waals surface area contributed by atoms with Gasteiger partial charge in [-0.05, 0) is 37.3 Å². The standard InChI is InChI=1S/C14H15FN4O/c1-2-19(12-5-3-4-10(15)8-12)14(20)13-7-6-11(18-16)9-17-13/h3-9,18H,2,16H2,1H3.